The fourth-order valence-corrected chi connectivity index (χ4v) is 2.46. The number of rotatable bonds is 4. The highest BCUT2D eigenvalue weighted by Gasteiger charge is 2.08. The number of para-hydroxylation sites is 1. The third-order valence-corrected chi connectivity index (χ3v) is 3.52. The van der Waals surface area contributed by atoms with E-state index in [9.17, 15) is 0 Å². The van der Waals surface area contributed by atoms with Gasteiger partial charge >= 0.3 is 0 Å². The first kappa shape index (κ1) is 11.9. The van der Waals surface area contributed by atoms with Crippen molar-refractivity contribution in [3.63, 3.8) is 0 Å². The molecule has 0 unspecified atom stereocenters. The molecule has 1 aromatic carbocycles. The van der Waals surface area contributed by atoms with E-state index in [0.29, 0.717) is 0 Å². The largest absolute Gasteiger partial charge is 0.264 e. The number of hydrogen-bond donors (Lipinski definition) is 0. The molecule has 2 aromatic heterocycles. The van der Waals surface area contributed by atoms with Crippen LogP contribution < -0.4 is 0 Å². The van der Waals surface area contributed by atoms with E-state index in [0.717, 1.165) is 22.2 Å². The molecule has 0 saturated carbocycles. The Bertz CT molecular complexity index is 638. The minimum atomic E-state index is 0.773. The van der Waals surface area contributed by atoms with Crippen molar-refractivity contribution in [1.29, 1.82) is 0 Å². The van der Waals surface area contributed by atoms with E-state index in [1.54, 1.807) is 22.6 Å². The number of thioether (sulfide) groups is 1. The molecule has 0 amide bonds. The molecule has 94 valence electrons. The first-order valence-electron chi connectivity index (χ1n) is 5.79. The number of hydrogen-bond acceptors (Lipinski definition) is 5. The van der Waals surface area contributed by atoms with Gasteiger partial charge in [0.1, 0.15) is 0 Å². The van der Waals surface area contributed by atoms with E-state index in [2.05, 4.69) is 20.5 Å². The SMILES string of the molecule is c1ccc(-n2nnnc2SCc2cccnc2)cc1. The van der Waals surface area contributed by atoms with Crippen molar-refractivity contribution in [3.8, 4) is 5.69 Å². The Morgan fingerprint density at radius 1 is 1.05 bits per heavy atom. The Morgan fingerprint density at radius 2 is 1.95 bits per heavy atom. The molecule has 0 radical (unpaired) electrons. The van der Waals surface area contributed by atoms with Crippen LogP contribution in [0.15, 0.2) is 60.0 Å². The van der Waals surface area contributed by atoms with Crippen molar-refractivity contribution < 1.29 is 0 Å². The molecule has 5 nitrogen and oxygen atoms in total. The zero-order valence-corrected chi connectivity index (χ0v) is 10.9. The molecular formula is C13H11N5S. The monoisotopic (exact) mass is 269 g/mol. The average molecular weight is 269 g/mol. The molecule has 0 fully saturated rings. The summed E-state index contributed by atoms with van der Waals surface area (Å²) in [5.41, 5.74) is 2.11. The number of aromatic nitrogens is 5. The maximum absolute atomic E-state index is 4.09. The van der Waals surface area contributed by atoms with Crippen LogP contribution in [0.5, 0.6) is 0 Å². The summed E-state index contributed by atoms with van der Waals surface area (Å²) < 4.78 is 1.74. The molecule has 0 N–H and O–H groups in total. The normalized spacial score (nSPS) is 10.5. The molecule has 0 aliphatic rings. The third kappa shape index (κ3) is 2.79. The van der Waals surface area contributed by atoms with Gasteiger partial charge in [0.15, 0.2) is 0 Å². The zero-order valence-electron chi connectivity index (χ0n) is 10.0. The predicted molar refractivity (Wildman–Crippen MR) is 73.0 cm³/mol. The summed E-state index contributed by atoms with van der Waals surface area (Å²) in [6.45, 7) is 0. The van der Waals surface area contributed by atoms with E-state index in [1.165, 1.54) is 0 Å². The smallest absolute Gasteiger partial charge is 0.214 e. The average Bonchev–Trinajstić information content (AvgIpc) is 2.95. The van der Waals surface area contributed by atoms with Gasteiger partial charge in [-0.25, -0.2) is 0 Å². The van der Waals surface area contributed by atoms with Crippen molar-refractivity contribution in [2.75, 3.05) is 0 Å². The van der Waals surface area contributed by atoms with Crippen LogP contribution in [0.1, 0.15) is 5.56 Å². The lowest BCUT2D eigenvalue weighted by Gasteiger charge is -2.03. The lowest BCUT2D eigenvalue weighted by atomic mass is 10.3. The van der Waals surface area contributed by atoms with Gasteiger partial charge in [0.05, 0.1) is 5.69 Å². The van der Waals surface area contributed by atoms with Gasteiger partial charge in [-0.1, -0.05) is 36.0 Å². The molecule has 0 saturated heterocycles. The minimum Gasteiger partial charge on any atom is -0.264 e. The predicted octanol–water partition coefficient (Wildman–Crippen LogP) is 2.35. The van der Waals surface area contributed by atoms with Crippen LogP contribution in [0.3, 0.4) is 0 Å². The number of tetrazole rings is 1. The molecule has 6 heteroatoms. The molecule has 3 rings (SSSR count). The molecule has 0 aliphatic heterocycles. The molecular weight excluding hydrogens is 258 g/mol. The van der Waals surface area contributed by atoms with E-state index in [-0.39, 0.29) is 0 Å². The van der Waals surface area contributed by atoms with Gasteiger partial charge in [0, 0.05) is 18.1 Å². The first-order valence-corrected chi connectivity index (χ1v) is 6.77. The molecule has 0 bridgehead atoms. The summed E-state index contributed by atoms with van der Waals surface area (Å²) in [4.78, 5) is 4.09. The molecule has 3 aromatic rings. The topological polar surface area (TPSA) is 56.5 Å². The van der Waals surface area contributed by atoms with Crippen LogP contribution in [-0.4, -0.2) is 25.2 Å². The summed E-state index contributed by atoms with van der Waals surface area (Å²) in [5.74, 6) is 0.793. The van der Waals surface area contributed by atoms with E-state index in [4.69, 9.17) is 0 Å². The Hall–Kier alpha value is -2.21. The van der Waals surface area contributed by atoms with Crippen molar-refractivity contribution in [1.82, 2.24) is 25.2 Å². The quantitative estimate of drug-likeness (QED) is 0.680. The van der Waals surface area contributed by atoms with Crippen LogP contribution in [0.25, 0.3) is 5.69 Å². The second-order valence-corrected chi connectivity index (χ2v) is 4.80. The fourth-order valence-electron chi connectivity index (χ4n) is 1.63. The Kier molecular flexibility index (Phi) is 3.51. The third-order valence-electron chi connectivity index (χ3n) is 2.53. The van der Waals surface area contributed by atoms with Gasteiger partial charge in [0.2, 0.25) is 5.16 Å². The second-order valence-electron chi connectivity index (χ2n) is 3.86. The highest BCUT2D eigenvalue weighted by molar-refractivity contribution is 7.98. The summed E-state index contributed by atoms with van der Waals surface area (Å²) in [5, 5.41) is 12.6. The van der Waals surface area contributed by atoms with Gasteiger partial charge in [-0.2, -0.15) is 4.68 Å². The first-order chi connectivity index (χ1) is 9.43. The van der Waals surface area contributed by atoms with Gasteiger partial charge < -0.3 is 0 Å². The second kappa shape index (κ2) is 5.62. The highest BCUT2D eigenvalue weighted by atomic mass is 32.2. The van der Waals surface area contributed by atoms with E-state index in [1.807, 2.05) is 48.7 Å². The summed E-state index contributed by atoms with van der Waals surface area (Å²) in [6, 6.07) is 13.8. The highest BCUT2D eigenvalue weighted by Crippen LogP contribution is 2.21. The van der Waals surface area contributed by atoms with Crippen LogP contribution in [0, 0.1) is 0 Å². The van der Waals surface area contributed by atoms with Crippen LogP contribution in [0.2, 0.25) is 0 Å². The molecule has 2 heterocycles. The molecule has 0 spiro atoms. The van der Waals surface area contributed by atoms with Crippen molar-refractivity contribution >= 4 is 11.8 Å². The van der Waals surface area contributed by atoms with E-state index < -0.39 is 0 Å². The summed E-state index contributed by atoms with van der Waals surface area (Å²) in [6.07, 6.45) is 3.62. The van der Waals surface area contributed by atoms with Gasteiger partial charge in [-0.3, -0.25) is 4.98 Å². The lowest BCUT2D eigenvalue weighted by molar-refractivity contribution is 0.756. The molecule has 0 atom stereocenters. The molecule has 0 aliphatic carbocycles. The maximum Gasteiger partial charge on any atom is 0.214 e. The Balaban J connectivity index is 1.78. The van der Waals surface area contributed by atoms with E-state index >= 15 is 0 Å². The number of benzene rings is 1. The van der Waals surface area contributed by atoms with Crippen molar-refractivity contribution in [2.24, 2.45) is 0 Å². The standard InChI is InChI=1S/C13H11N5S/c1-2-6-12(7-3-1)18-13(15-16-17-18)19-10-11-5-4-8-14-9-11/h1-9H,10H2. The van der Waals surface area contributed by atoms with Gasteiger partial charge in [-0.15, -0.1) is 5.10 Å². The summed E-state index contributed by atoms with van der Waals surface area (Å²) >= 11 is 1.59. The number of nitrogens with zero attached hydrogens (tertiary/aromatic N) is 5. The minimum absolute atomic E-state index is 0.773. The Morgan fingerprint density at radius 3 is 2.74 bits per heavy atom. The summed E-state index contributed by atoms with van der Waals surface area (Å²) in [7, 11) is 0. The Labute approximate surface area is 114 Å². The maximum atomic E-state index is 4.09. The van der Waals surface area contributed by atoms with Crippen LogP contribution in [0.4, 0.5) is 0 Å². The number of pyridine rings is 1. The van der Waals surface area contributed by atoms with Crippen molar-refractivity contribution in [3.05, 3.63) is 60.4 Å². The van der Waals surface area contributed by atoms with Crippen LogP contribution >= 0.6 is 11.8 Å². The van der Waals surface area contributed by atoms with Crippen molar-refractivity contribution in [2.45, 2.75) is 10.9 Å². The van der Waals surface area contributed by atoms with Gasteiger partial charge in [-0.05, 0) is 34.2 Å². The fraction of sp³-hybridized carbons (Fsp3) is 0.0769. The zero-order chi connectivity index (χ0) is 12.9. The van der Waals surface area contributed by atoms with Crippen LogP contribution in [-0.2, 0) is 5.75 Å². The van der Waals surface area contributed by atoms with Gasteiger partial charge in [0.25, 0.3) is 0 Å². The molecule has 19 heavy (non-hydrogen) atoms. The lowest BCUT2D eigenvalue weighted by Crippen LogP contribution is -1.98.